The van der Waals surface area contributed by atoms with Crippen molar-refractivity contribution in [1.82, 2.24) is 0 Å². The van der Waals surface area contributed by atoms with E-state index in [1.807, 2.05) is 0 Å². The quantitative estimate of drug-likeness (QED) is 0.0458. The Hall–Kier alpha value is -3.84. The molecule has 0 atom stereocenters. The van der Waals surface area contributed by atoms with E-state index in [9.17, 15) is 20.2 Å². The lowest BCUT2D eigenvalue weighted by atomic mass is 10.1. The van der Waals surface area contributed by atoms with E-state index < -0.39 is 9.85 Å². The Balaban J connectivity index is 0.000000231. The Kier molecular flexibility index (Phi) is 14.9. The van der Waals surface area contributed by atoms with Gasteiger partial charge in [0.25, 0.3) is 11.4 Å². The van der Waals surface area contributed by atoms with E-state index in [0.29, 0.717) is 0 Å². The monoisotopic (exact) mass is 710 g/mol. The van der Waals surface area contributed by atoms with Crippen LogP contribution in [0.1, 0.15) is 0 Å². The number of hydrogen-bond acceptors (Lipinski definition) is 8. The second kappa shape index (κ2) is 18.1. The lowest BCUT2D eigenvalue weighted by molar-refractivity contribution is -0.385. The number of hydrogen-bond donors (Lipinski definition) is 0. The van der Waals surface area contributed by atoms with Crippen molar-refractivity contribution in [1.29, 1.82) is 0 Å². The van der Waals surface area contributed by atoms with Crippen LogP contribution in [0.2, 0.25) is 20.1 Å². The summed E-state index contributed by atoms with van der Waals surface area (Å²) >= 11 is 26.0. The molecule has 0 saturated carbocycles. The van der Waals surface area contributed by atoms with Gasteiger partial charge in [-0.25, -0.2) is 0 Å². The van der Waals surface area contributed by atoms with Gasteiger partial charge in [-0.3, -0.25) is 20.2 Å². The maximum atomic E-state index is 10.4. The molecule has 0 saturated heterocycles. The lowest BCUT2D eigenvalue weighted by Crippen LogP contribution is -1.87. The number of thioether (sulfide) groups is 2. The van der Waals surface area contributed by atoms with Gasteiger partial charge in [0.05, 0.1) is 41.3 Å². The lowest BCUT2D eigenvalue weighted by Gasteiger charge is -2.05. The second-order valence-corrected chi connectivity index (χ2v) is 11.3. The highest BCUT2D eigenvalue weighted by atomic mass is 35.5. The molecule has 0 radical (unpaired) electrons. The van der Waals surface area contributed by atoms with Gasteiger partial charge in [-0.15, -0.1) is 23.5 Å². The van der Waals surface area contributed by atoms with E-state index in [1.54, 1.807) is 23.5 Å². The SMILES string of the molecule is CSc1cccc(-c2cccc(SC)c2)c1.[N-]=[N+]=Nc1c(Cl)cc([N+](=O)[O-])cc1Cl.[N-]=[N+]=Nc1c(Cl)cc([N+](=O)[O-])cc1Cl. The average molecular weight is 712 g/mol. The van der Waals surface area contributed by atoms with Crippen molar-refractivity contribution in [2.45, 2.75) is 9.79 Å². The number of nitro benzene ring substituents is 2. The van der Waals surface area contributed by atoms with Crippen molar-refractivity contribution >= 4 is 92.7 Å². The van der Waals surface area contributed by atoms with E-state index in [2.05, 4.69) is 81.1 Å². The van der Waals surface area contributed by atoms with Crippen LogP contribution < -0.4 is 0 Å². The van der Waals surface area contributed by atoms with Gasteiger partial charge in [-0.2, -0.15) is 0 Å². The number of halogens is 4. The van der Waals surface area contributed by atoms with Crippen molar-refractivity contribution in [2.75, 3.05) is 12.5 Å². The third-order valence-electron chi connectivity index (χ3n) is 5.19. The van der Waals surface area contributed by atoms with Gasteiger partial charge in [-0.05, 0) is 59.0 Å². The molecule has 0 bridgehead atoms. The topological polar surface area (TPSA) is 184 Å². The minimum absolute atomic E-state index is 0.0126. The predicted molar refractivity (Wildman–Crippen MR) is 179 cm³/mol. The molecule has 4 aromatic rings. The van der Waals surface area contributed by atoms with E-state index in [1.165, 1.54) is 20.9 Å². The summed E-state index contributed by atoms with van der Waals surface area (Å²) in [6.45, 7) is 0. The Labute approximate surface area is 278 Å². The van der Waals surface area contributed by atoms with Crippen LogP contribution in [0.15, 0.2) is 92.8 Å². The fourth-order valence-electron chi connectivity index (χ4n) is 3.20. The first kappa shape index (κ1) is 36.4. The van der Waals surface area contributed by atoms with Gasteiger partial charge in [0.15, 0.2) is 0 Å². The Morgan fingerprint density at radius 1 is 0.636 bits per heavy atom. The fourth-order valence-corrected chi connectivity index (χ4v) is 5.22. The molecule has 0 fully saturated rings. The van der Waals surface area contributed by atoms with Crippen LogP contribution in [0.4, 0.5) is 22.7 Å². The van der Waals surface area contributed by atoms with Gasteiger partial charge in [-0.1, -0.05) is 80.9 Å². The van der Waals surface area contributed by atoms with Crippen LogP contribution in [0.25, 0.3) is 32.0 Å². The molecule has 0 aliphatic rings. The minimum atomic E-state index is -0.641. The van der Waals surface area contributed by atoms with Crippen LogP contribution in [0, 0.1) is 20.2 Å². The van der Waals surface area contributed by atoms with Gasteiger partial charge in [0, 0.05) is 43.9 Å². The maximum Gasteiger partial charge on any atom is 0.272 e. The first-order valence-electron chi connectivity index (χ1n) is 11.6. The molecule has 226 valence electrons. The van der Waals surface area contributed by atoms with Crippen LogP contribution >= 0.6 is 69.9 Å². The zero-order valence-electron chi connectivity index (χ0n) is 22.5. The largest absolute Gasteiger partial charge is 0.272 e. The highest BCUT2D eigenvalue weighted by Crippen LogP contribution is 2.38. The summed E-state index contributed by atoms with van der Waals surface area (Å²) in [6, 6.07) is 21.6. The molecule has 0 heterocycles. The summed E-state index contributed by atoms with van der Waals surface area (Å²) < 4.78 is 0. The van der Waals surface area contributed by atoms with Crippen LogP contribution in [-0.2, 0) is 0 Å². The molecule has 4 rings (SSSR count). The molecule has 4 aromatic carbocycles. The van der Waals surface area contributed by atoms with Gasteiger partial charge in [0.2, 0.25) is 0 Å². The van der Waals surface area contributed by atoms with Crippen LogP contribution in [-0.4, -0.2) is 22.4 Å². The number of benzene rings is 4. The molecule has 18 heteroatoms. The number of rotatable bonds is 7. The molecular weight excluding hydrogens is 694 g/mol. The van der Waals surface area contributed by atoms with Crippen molar-refractivity contribution < 1.29 is 9.85 Å². The maximum absolute atomic E-state index is 10.4. The standard InChI is InChI=1S/C14H14S2.2C6H2Cl2N4O2/c1-15-13-7-3-5-11(9-13)12-6-4-8-14(10-12)16-2;2*7-4-1-3(12(13)14)2-5(8)6(4)10-11-9/h3-10H,1-2H3;2*1-2H. The molecule has 0 amide bonds. The van der Waals surface area contributed by atoms with Crippen molar-refractivity contribution in [3.63, 3.8) is 0 Å². The summed E-state index contributed by atoms with van der Waals surface area (Å²) in [5, 5.41) is 26.9. The molecule has 44 heavy (non-hydrogen) atoms. The Bertz CT molecular complexity index is 1610. The normalized spacial score (nSPS) is 9.68. The average Bonchev–Trinajstić information content (AvgIpc) is 3.01. The first-order valence-corrected chi connectivity index (χ1v) is 15.6. The molecule has 0 aliphatic carbocycles. The summed E-state index contributed by atoms with van der Waals surface area (Å²) in [7, 11) is 0. The van der Waals surface area contributed by atoms with E-state index >= 15 is 0 Å². The van der Waals surface area contributed by atoms with Crippen molar-refractivity contribution in [3.05, 3.63) is 134 Å². The molecule has 0 N–H and O–H groups in total. The molecule has 0 unspecified atom stereocenters. The highest BCUT2D eigenvalue weighted by molar-refractivity contribution is 7.98. The Morgan fingerprint density at radius 2 is 0.955 bits per heavy atom. The summed E-state index contributed by atoms with van der Waals surface area (Å²) in [4.78, 5) is 27.0. The van der Waals surface area contributed by atoms with Crippen molar-refractivity contribution in [3.8, 4) is 11.1 Å². The molecule has 0 spiro atoms. The molecular formula is C26H18Cl4N8O4S2. The first-order chi connectivity index (χ1) is 20.9. The van der Waals surface area contributed by atoms with Crippen molar-refractivity contribution in [2.24, 2.45) is 10.2 Å². The van der Waals surface area contributed by atoms with E-state index in [-0.39, 0.29) is 42.8 Å². The predicted octanol–water partition coefficient (Wildman–Crippen LogP) is 12.5. The van der Waals surface area contributed by atoms with E-state index in [0.717, 1.165) is 24.3 Å². The number of nitro groups is 2. The van der Waals surface area contributed by atoms with Gasteiger partial charge < -0.3 is 0 Å². The highest BCUT2D eigenvalue weighted by Gasteiger charge is 2.14. The van der Waals surface area contributed by atoms with E-state index in [4.69, 9.17) is 57.5 Å². The second-order valence-electron chi connectivity index (χ2n) is 7.87. The molecule has 0 aromatic heterocycles. The summed E-state index contributed by atoms with van der Waals surface area (Å²) in [5.74, 6) is 0. The van der Waals surface area contributed by atoms with Gasteiger partial charge in [0.1, 0.15) is 0 Å². The zero-order valence-corrected chi connectivity index (χ0v) is 27.1. The Morgan fingerprint density at radius 3 is 1.20 bits per heavy atom. The van der Waals surface area contributed by atoms with Gasteiger partial charge >= 0.3 is 0 Å². The number of nitrogens with zero attached hydrogens (tertiary/aromatic N) is 8. The summed E-state index contributed by atoms with van der Waals surface area (Å²) in [6.07, 6.45) is 4.22. The fraction of sp³-hybridized carbons (Fsp3) is 0.0769. The third-order valence-corrected chi connectivity index (χ3v) is 7.79. The summed E-state index contributed by atoms with van der Waals surface area (Å²) in [5.41, 5.74) is 18.4. The number of azide groups is 2. The number of non-ortho nitro benzene ring substituents is 2. The minimum Gasteiger partial charge on any atom is -0.258 e. The third kappa shape index (κ3) is 10.7. The molecule has 0 aliphatic heterocycles. The smallest absolute Gasteiger partial charge is 0.258 e. The zero-order chi connectivity index (χ0) is 32.8. The van der Waals surface area contributed by atoms with Crippen LogP contribution in [0.3, 0.4) is 0 Å². The molecule has 12 nitrogen and oxygen atoms in total. The van der Waals surface area contributed by atoms with Crippen LogP contribution in [0.5, 0.6) is 0 Å².